The molecule has 8 nitrogen and oxygen atoms in total. The summed E-state index contributed by atoms with van der Waals surface area (Å²) in [6, 6.07) is 4.33. The average Bonchev–Trinajstić information content (AvgIpc) is 3.10. The monoisotopic (exact) mass is 374 g/mol. The van der Waals surface area contributed by atoms with Gasteiger partial charge in [-0.25, -0.2) is 4.98 Å². The minimum atomic E-state index is -0.520. The number of nitro groups is 1. The average molecular weight is 374 g/mol. The number of hydrogen-bond acceptors (Lipinski definition) is 7. The Bertz CT molecular complexity index is 858. The van der Waals surface area contributed by atoms with E-state index in [1.807, 2.05) is 0 Å². The Hall–Kier alpha value is -2.81. The van der Waals surface area contributed by atoms with E-state index in [4.69, 9.17) is 0 Å². The first-order valence-electron chi connectivity index (χ1n) is 8.27. The molecule has 3 rings (SSSR count). The summed E-state index contributed by atoms with van der Waals surface area (Å²) >= 11 is 1.14. The number of carbonyl (C=O) groups excluding carboxylic acids is 2. The van der Waals surface area contributed by atoms with Gasteiger partial charge in [0.25, 0.3) is 11.6 Å². The van der Waals surface area contributed by atoms with Crippen LogP contribution in [0.3, 0.4) is 0 Å². The third kappa shape index (κ3) is 3.88. The van der Waals surface area contributed by atoms with Crippen molar-refractivity contribution < 1.29 is 14.5 Å². The zero-order valence-electron chi connectivity index (χ0n) is 14.2. The fourth-order valence-corrected chi connectivity index (χ4v) is 3.63. The van der Waals surface area contributed by atoms with Crippen molar-refractivity contribution in [2.75, 3.05) is 23.3 Å². The van der Waals surface area contributed by atoms with Gasteiger partial charge in [0.15, 0.2) is 10.9 Å². The van der Waals surface area contributed by atoms with Crippen LogP contribution in [0.4, 0.5) is 16.5 Å². The first kappa shape index (κ1) is 18.0. The largest absolute Gasteiger partial charge is 0.371 e. The van der Waals surface area contributed by atoms with E-state index in [0.717, 1.165) is 43.7 Å². The molecule has 1 aliphatic rings. The van der Waals surface area contributed by atoms with Crippen molar-refractivity contribution in [3.8, 4) is 0 Å². The number of carbonyl (C=O) groups is 2. The lowest BCUT2D eigenvalue weighted by molar-refractivity contribution is -0.384. The lowest BCUT2D eigenvalue weighted by Gasteiger charge is -2.30. The van der Waals surface area contributed by atoms with Gasteiger partial charge in [-0.15, -0.1) is 11.3 Å². The quantitative estimate of drug-likeness (QED) is 0.488. The molecule has 0 atom stereocenters. The summed E-state index contributed by atoms with van der Waals surface area (Å²) in [7, 11) is 0. The van der Waals surface area contributed by atoms with Crippen molar-refractivity contribution in [1.29, 1.82) is 0 Å². The van der Waals surface area contributed by atoms with Crippen LogP contribution in [0.15, 0.2) is 23.6 Å². The third-order valence-corrected chi connectivity index (χ3v) is 4.98. The number of nitro benzene ring substituents is 1. The van der Waals surface area contributed by atoms with E-state index in [1.165, 1.54) is 19.1 Å². The maximum absolute atomic E-state index is 12.8. The van der Waals surface area contributed by atoms with Crippen molar-refractivity contribution in [3.05, 3.63) is 45.0 Å². The highest BCUT2D eigenvalue weighted by Gasteiger charge is 2.22. The van der Waals surface area contributed by atoms with Crippen molar-refractivity contribution in [1.82, 2.24) is 4.98 Å². The van der Waals surface area contributed by atoms with Gasteiger partial charge in [0.05, 0.1) is 16.2 Å². The lowest BCUT2D eigenvalue weighted by Crippen LogP contribution is -2.31. The molecule has 9 heteroatoms. The highest BCUT2D eigenvalue weighted by molar-refractivity contribution is 7.14. The van der Waals surface area contributed by atoms with Gasteiger partial charge in [-0.2, -0.15) is 0 Å². The topological polar surface area (TPSA) is 105 Å². The second-order valence-corrected chi connectivity index (χ2v) is 6.91. The third-order valence-electron chi connectivity index (χ3n) is 4.22. The smallest absolute Gasteiger partial charge is 0.270 e. The molecule has 0 unspecified atom stereocenters. The molecule has 1 aliphatic heterocycles. The van der Waals surface area contributed by atoms with E-state index >= 15 is 0 Å². The van der Waals surface area contributed by atoms with E-state index in [0.29, 0.717) is 5.69 Å². The molecule has 1 aromatic heterocycles. The highest BCUT2D eigenvalue weighted by atomic mass is 32.1. The lowest BCUT2D eigenvalue weighted by atomic mass is 10.1. The predicted molar refractivity (Wildman–Crippen MR) is 99.2 cm³/mol. The first-order chi connectivity index (χ1) is 12.5. The zero-order chi connectivity index (χ0) is 18.7. The summed E-state index contributed by atoms with van der Waals surface area (Å²) in [4.78, 5) is 40.8. The van der Waals surface area contributed by atoms with Crippen LogP contribution < -0.4 is 10.2 Å². The Morgan fingerprint density at radius 3 is 2.62 bits per heavy atom. The molecule has 0 radical (unpaired) electrons. The molecule has 0 saturated carbocycles. The Labute approximate surface area is 154 Å². The number of anilines is 2. The summed E-state index contributed by atoms with van der Waals surface area (Å²) in [6.45, 7) is 3.02. The van der Waals surface area contributed by atoms with E-state index < -0.39 is 10.8 Å². The van der Waals surface area contributed by atoms with Gasteiger partial charge in [0.2, 0.25) is 0 Å². The second kappa shape index (κ2) is 7.61. The van der Waals surface area contributed by atoms with Gasteiger partial charge in [0, 0.05) is 37.5 Å². The van der Waals surface area contributed by atoms with Crippen molar-refractivity contribution in [3.63, 3.8) is 0 Å². The maximum Gasteiger partial charge on any atom is 0.270 e. The molecule has 2 aromatic rings. The van der Waals surface area contributed by atoms with Gasteiger partial charge in [-0.05, 0) is 25.3 Å². The fourth-order valence-electron chi connectivity index (χ4n) is 2.89. The van der Waals surface area contributed by atoms with E-state index in [1.54, 1.807) is 11.4 Å². The van der Waals surface area contributed by atoms with E-state index in [-0.39, 0.29) is 27.9 Å². The van der Waals surface area contributed by atoms with Crippen LogP contribution >= 0.6 is 11.3 Å². The second-order valence-electron chi connectivity index (χ2n) is 6.05. The van der Waals surface area contributed by atoms with Crippen LogP contribution in [0.25, 0.3) is 0 Å². The molecule has 136 valence electrons. The normalized spacial score (nSPS) is 14.1. The first-order valence-corrected chi connectivity index (χ1v) is 9.15. The Morgan fingerprint density at radius 1 is 1.27 bits per heavy atom. The van der Waals surface area contributed by atoms with Gasteiger partial charge in [0.1, 0.15) is 5.69 Å². The van der Waals surface area contributed by atoms with Crippen LogP contribution in [0.2, 0.25) is 0 Å². The van der Waals surface area contributed by atoms with Gasteiger partial charge >= 0.3 is 0 Å². The van der Waals surface area contributed by atoms with Crippen molar-refractivity contribution >= 4 is 39.5 Å². The minimum Gasteiger partial charge on any atom is -0.371 e. The van der Waals surface area contributed by atoms with Gasteiger partial charge in [-0.1, -0.05) is 0 Å². The maximum atomic E-state index is 12.8. The molecule has 1 aromatic carbocycles. The highest BCUT2D eigenvalue weighted by Crippen LogP contribution is 2.29. The SMILES string of the molecule is CC(=O)c1csc(NC(=O)c2cc([N+](=O)[O-])ccc2N2CCCCC2)n1. The number of Topliss-reactive ketones (excluding diaryl/α,β-unsaturated/α-hetero) is 1. The number of thiazole rings is 1. The summed E-state index contributed by atoms with van der Waals surface area (Å²) < 4.78 is 0. The van der Waals surface area contributed by atoms with Crippen molar-refractivity contribution in [2.45, 2.75) is 26.2 Å². The molecule has 1 saturated heterocycles. The minimum absolute atomic E-state index is 0.139. The molecule has 0 spiro atoms. The number of non-ortho nitro benzene ring substituents is 1. The van der Waals surface area contributed by atoms with E-state index in [2.05, 4.69) is 15.2 Å². The van der Waals surface area contributed by atoms with Gasteiger partial charge < -0.3 is 4.90 Å². The van der Waals surface area contributed by atoms with Crippen LogP contribution in [-0.4, -0.2) is 34.7 Å². The number of benzene rings is 1. The Kier molecular flexibility index (Phi) is 5.27. The van der Waals surface area contributed by atoms with Crippen molar-refractivity contribution in [2.24, 2.45) is 0 Å². The molecular formula is C17H18N4O4S. The number of piperidine rings is 1. The Morgan fingerprint density at radius 2 is 2.00 bits per heavy atom. The predicted octanol–water partition coefficient (Wildman–Crippen LogP) is 3.50. The molecule has 1 amide bonds. The number of nitrogens with one attached hydrogen (secondary N) is 1. The van der Waals surface area contributed by atoms with Crippen LogP contribution in [0.1, 0.15) is 47.0 Å². The number of aromatic nitrogens is 1. The molecule has 1 N–H and O–H groups in total. The molecule has 0 aliphatic carbocycles. The Balaban J connectivity index is 1.91. The molecular weight excluding hydrogens is 356 g/mol. The number of nitrogens with zero attached hydrogens (tertiary/aromatic N) is 3. The number of amides is 1. The molecule has 26 heavy (non-hydrogen) atoms. The standard InChI is InChI=1S/C17H18N4O4S/c1-11(22)14-10-26-17(18-14)19-16(23)13-9-12(21(24)25)5-6-15(13)20-7-3-2-4-8-20/h5-6,9-10H,2-4,7-8H2,1H3,(H,18,19,23). The fraction of sp³-hybridized carbons (Fsp3) is 0.353. The van der Waals surface area contributed by atoms with Crippen LogP contribution in [-0.2, 0) is 0 Å². The summed E-state index contributed by atoms with van der Waals surface area (Å²) in [5.74, 6) is -0.662. The summed E-state index contributed by atoms with van der Waals surface area (Å²) in [5, 5.41) is 15.6. The number of ketones is 1. The number of hydrogen-bond donors (Lipinski definition) is 1. The van der Waals surface area contributed by atoms with Crippen LogP contribution in [0.5, 0.6) is 0 Å². The summed E-state index contributed by atoms with van der Waals surface area (Å²) in [6.07, 6.45) is 3.18. The van der Waals surface area contributed by atoms with E-state index in [9.17, 15) is 19.7 Å². The summed E-state index contributed by atoms with van der Waals surface area (Å²) in [5.41, 5.74) is 1.05. The van der Waals surface area contributed by atoms with Gasteiger partial charge in [-0.3, -0.25) is 25.0 Å². The molecule has 0 bridgehead atoms. The van der Waals surface area contributed by atoms with Crippen LogP contribution in [0, 0.1) is 10.1 Å². The molecule has 2 heterocycles. The molecule has 1 fully saturated rings. The number of rotatable bonds is 5. The zero-order valence-corrected chi connectivity index (χ0v) is 15.0.